The second kappa shape index (κ2) is 15.2. The molecule has 0 saturated carbocycles. The standard InChI is InChI=1S/C63H38N4O/c1-4-16-39(17-5-1)61-64-62(40-18-6-2-7-19-40)66-63(65-61)44-36-53(60-52-26-14-15-27-56(52)67(57(60)37-44)45-20-8-3-9-21-45)43-30-33-58-55(35-43)51-32-29-42(38-59(51)68-58)41-28-31-50-48-24-11-10-22-46(48)47-23-12-13-25-49(47)54(50)34-41/h1-38H. The van der Waals surface area contributed by atoms with Crippen molar-refractivity contribution in [1.29, 1.82) is 0 Å². The summed E-state index contributed by atoms with van der Waals surface area (Å²) < 4.78 is 9.07. The summed E-state index contributed by atoms with van der Waals surface area (Å²) in [5, 5.41) is 12.0. The molecule has 0 saturated heterocycles. The van der Waals surface area contributed by atoms with Gasteiger partial charge in [-0.05, 0) is 115 Å². The maximum atomic E-state index is 6.71. The topological polar surface area (TPSA) is 56.7 Å². The SMILES string of the molecule is c1ccc(-c2nc(-c3ccccc3)nc(-c3cc(-c4ccc5oc6cc(-c7ccc8c9ccccc9c9ccccc9c8c7)ccc6c5c4)c4c5ccccc5n(-c5ccccc5)c4c3)n2)cc1. The Hall–Kier alpha value is -9.19. The van der Waals surface area contributed by atoms with Gasteiger partial charge in [-0.1, -0.05) is 170 Å². The minimum absolute atomic E-state index is 0.600. The van der Waals surface area contributed by atoms with Crippen LogP contribution < -0.4 is 0 Å². The number of benzene rings is 11. The van der Waals surface area contributed by atoms with Gasteiger partial charge in [0.15, 0.2) is 17.5 Å². The summed E-state index contributed by atoms with van der Waals surface area (Å²) in [5.41, 5.74) is 12.1. The summed E-state index contributed by atoms with van der Waals surface area (Å²) >= 11 is 0. The molecule has 0 bridgehead atoms. The molecule has 0 unspecified atom stereocenters. The maximum Gasteiger partial charge on any atom is 0.164 e. The Bertz CT molecular complexity index is 4210. The van der Waals surface area contributed by atoms with Crippen LogP contribution in [0.1, 0.15) is 0 Å². The van der Waals surface area contributed by atoms with E-state index in [-0.39, 0.29) is 0 Å². The first-order chi connectivity index (χ1) is 33.7. The molecule has 316 valence electrons. The highest BCUT2D eigenvalue weighted by Gasteiger charge is 2.22. The summed E-state index contributed by atoms with van der Waals surface area (Å²) in [6.07, 6.45) is 0. The first-order valence-electron chi connectivity index (χ1n) is 23.0. The van der Waals surface area contributed by atoms with Gasteiger partial charge in [-0.25, -0.2) is 15.0 Å². The fourth-order valence-corrected chi connectivity index (χ4v) is 10.5. The van der Waals surface area contributed by atoms with Gasteiger partial charge in [0.1, 0.15) is 11.2 Å². The number of para-hydroxylation sites is 2. The first-order valence-corrected chi connectivity index (χ1v) is 23.0. The summed E-state index contributed by atoms with van der Waals surface area (Å²) in [6, 6.07) is 81.7. The molecule has 5 nitrogen and oxygen atoms in total. The van der Waals surface area contributed by atoms with Crippen LogP contribution >= 0.6 is 0 Å². The molecule has 5 heteroatoms. The second-order valence-electron chi connectivity index (χ2n) is 17.5. The number of aromatic nitrogens is 4. The van der Waals surface area contributed by atoms with E-state index < -0.39 is 0 Å². The molecule has 3 heterocycles. The third kappa shape index (κ3) is 6.06. The van der Waals surface area contributed by atoms with Crippen molar-refractivity contribution >= 4 is 76.1 Å². The third-order valence-corrected chi connectivity index (χ3v) is 13.6. The van der Waals surface area contributed by atoms with Crippen molar-refractivity contribution < 1.29 is 4.42 Å². The maximum absolute atomic E-state index is 6.71. The van der Waals surface area contributed by atoms with Gasteiger partial charge < -0.3 is 8.98 Å². The fourth-order valence-electron chi connectivity index (χ4n) is 10.5. The van der Waals surface area contributed by atoms with E-state index in [1.165, 1.54) is 32.3 Å². The summed E-state index contributed by atoms with van der Waals surface area (Å²) in [5.74, 6) is 1.84. The minimum atomic E-state index is 0.600. The van der Waals surface area contributed by atoms with Crippen LogP contribution in [0.5, 0.6) is 0 Å². The van der Waals surface area contributed by atoms with Crippen molar-refractivity contribution in [2.75, 3.05) is 0 Å². The lowest BCUT2D eigenvalue weighted by Gasteiger charge is -2.13. The van der Waals surface area contributed by atoms with Crippen LogP contribution in [0.15, 0.2) is 235 Å². The Morgan fingerprint density at radius 3 is 1.41 bits per heavy atom. The zero-order valence-corrected chi connectivity index (χ0v) is 36.6. The predicted octanol–water partition coefficient (Wildman–Crippen LogP) is 16.7. The van der Waals surface area contributed by atoms with Crippen molar-refractivity contribution in [3.05, 3.63) is 231 Å². The van der Waals surface area contributed by atoms with E-state index in [1.54, 1.807) is 0 Å². The number of rotatable bonds is 6. The Balaban J connectivity index is 0.970. The van der Waals surface area contributed by atoms with Crippen LogP contribution in [0, 0.1) is 0 Å². The van der Waals surface area contributed by atoms with Gasteiger partial charge >= 0.3 is 0 Å². The van der Waals surface area contributed by atoms with Crippen molar-refractivity contribution in [2.24, 2.45) is 0 Å². The lowest BCUT2D eigenvalue weighted by atomic mass is 9.92. The second-order valence-corrected chi connectivity index (χ2v) is 17.5. The molecule has 0 spiro atoms. The Kier molecular flexibility index (Phi) is 8.52. The molecule has 0 radical (unpaired) electrons. The Morgan fingerprint density at radius 1 is 0.279 bits per heavy atom. The molecule has 0 amide bonds. The minimum Gasteiger partial charge on any atom is -0.456 e. The monoisotopic (exact) mass is 866 g/mol. The van der Waals surface area contributed by atoms with Crippen LogP contribution in [0.25, 0.3) is 138 Å². The lowest BCUT2D eigenvalue weighted by molar-refractivity contribution is 0.669. The van der Waals surface area contributed by atoms with Crippen molar-refractivity contribution in [3.63, 3.8) is 0 Å². The average molecular weight is 867 g/mol. The predicted molar refractivity (Wildman–Crippen MR) is 281 cm³/mol. The molecule has 0 aliphatic heterocycles. The highest BCUT2D eigenvalue weighted by atomic mass is 16.3. The van der Waals surface area contributed by atoms with E-state index in [0.717, 1.165) is 88.4 Å². The molecule has 3 aromatic heterocycles. The van der Waals surface area contributed by atoms with Crippen molar-refractivity contribution in [2.45, 2.75) is 0 Å². The normalized spacial score (nSPS) is 11.8. The van der Waals surface area contributed by atoms with Gasteiger partial charge in [-0.3, -0.25) is 0 Å². The van der Waals surface area contributed by atoms with Crippen molar-refractivity contribution in [3.8, 4) is 62.1 Å². The Morgan fingerprint density at radius 2 is 0.765 bits per heavy atom. The molecule has 68 heavy (non-hydrogen) atoms. The van der Waals surface area contributed by atoms with E-state index >= 15 is 0 Å². The lowest BCUT2D eigenvalue weighted by Crippen LogP contribution is -2.01. The molecular formula is C63H38N4O. The summed E-state index contributed by atoms with van der Waals surface area (Å²) in [6.45, 7) is 0. The van der Waals surface area contributed by atoms with E-state index in [4.69, 9.17) is 19.4 Å². The highest BCUT2D eigenvalue weighted by molar-refractivity contribution is 6.26. The molecule has 0 aliphatic carbocycles. The quantitative estimate of drug-likeness (QED) is 0.156. The van der Waals surface area contributed by atoms with Gasteiger partial charge in [0.25, 0.3) is 0 Å². The number of hydrogen-bond donors (Lipinski definition) is 0. The van der Waals surface area contributed by atoms with Crippen LogP contribution in [0.4, 0.5) is 0 Å². The number of furan rings is 1. The van der Waals surface area contributed by atoms with Gasteiger partial charge in [-0.15, -0.1) is 0 Å². The fraction of sp³-hybridized carbons (Fsp3) is 0. The molecule has 0 N–H and O–H groups in total. The Labute approximate surface area is 390 Å². The van der Waals surface area contributed by atoms with Gasteiger partial charge in [0.2, 0.25) is 0 Å². The molecule has 0 aliphatic rings. The van der Waals surface area contributed by atoms with Gasteiger partial charge in [0, 0.05) is 43.9 Å². The molecule has 14 rings (SSSR count). The van der Waals surface area contributed by atoms with E-state index in [9.17, 15) is 0 Å². The number of fused-ring (bicyclic) bond motifs is 12. The number of nitrogens with zero attached hydrogens (tertiary/aromatic N) is 4. The van der Waals surface area contributed by atoms with E-state index in [0.29, 0.717) is 17.5 Å². The molecular weight excluding hydrogens is 829 g/mol. The highest BCUT2D eigenvalue weighted by Crippen LogP contribution is 2.44. The zero-order valence-electron chi connectivity index (χ0n) is 36.6. The van der Waals surface area contributed by atoms with Crippen LogP contribution in [0.3, 0.4) is 0 Å². The molecule has 0 atom stereocenters. The smallest absolute Gasteiger partial charge is 0.164 e. The zero-order chi connectivity index (χ0) is 44.7. The van der Waals surface area contributed by atoms with Crippen LogP contribution in [-0.2, 0) is 0 Å². The molecule has 14 aromatic rings. The summed E-state index contributed by atoms with van der Waals surface area (Å²) in [7, 11) is 0. The van der Waals surface area contributed by atoms with E-state index in [2.05, 4.69) is 174 Å². The van der Waals surface area contributed by atoms with Gasteiger partial charge in [0.05, 0.1) is 11.0 Å². The number of hydrogen-bond acceptors (Lipinski definition) is 4. The largest absolute Gasteiger partial charge is 0.456 e. The van der Waals surface area contributed by atoms with Crippen molar-refractivity contribution in [1.82, 2.24) is 19.5 Å². The van der Waals surface area contributed by atoms with E-state index in [1.807, 2.05) is 60.7 Å². The average Bonchev–Trinajstić information content (AvgIpc) is 3.96. The van der Waals surface area contributed by atoms with Gasteiger partial charge in [-0.2, -0.15) is 0 Å². The first kappa shape index (κ1) is 38.1. The third-order valence-electron chi connectivity index (χ3n) is 13.6. The molecule has 0 fully saturated rings. The van der Waals surface area contributed by atoms with Crippen LogP contribution in [0.2, 0.25) is 0 Å². The van der Waals surface area contributed by atoms with Crippen LogP contribution in [-0.4, -0.2) is 19.5 Å². The molecule has 11 aromatic carbocycles. The summed E-state index contributed by atoms with van der Waals surface area (Å²) in [4.78, 5) is 15.4.